The van der Waals surface area contributed by atoms with Gasteiger partial charge in [0.25, 0.3) is 0 Å². The summed E-state index contributed by atoms with van der Waals surface area (Å²) in [6.07, 6.45) is 1.98. The third kappa shape index (κ3) is 2.15. The first-order valence-electron chi connectivity index (χ1n) is 3.17. The van der Waals surface area contributed by atoms with Crippen molar-refractivity contribution in [2.45, 2.75) is 18.2 Å². The average Bonchev–Trinajstić information content (AvgIpc) is 2.09. The maximum Gasteiger partial charge on any atom is 0.308 e. The van der Waals surface area contributed by atoms with Crippen LogP contribution in [-0.4, -0.2) is 16.6 Å². The molecule has 0 N–H and O–H groups in total. The maximum absolute atomic E-state index is 10.9. The predicted molar refractivity (Wildman–Crippen MR) is 42.2 cm³/mol. The first-order chi connectivity index (χ1) is 5.09. The van der Waals surface area contributed by atoms with Crippen molar-refractivity contribution in [3.63, 3.8) is 0 Å². The van der Waals surface area contributed by atoms with E-state index in [0.29, 0.717) is 6.42 Å². The molecule has 11 heavy (non-hydrogen) atoms. The Morgan fingerprint density at radius 1 is 1.82 bits per heavy atom. The standard InChI is InChI=1S/C7H7BrO3/c1-4(9)11-7-3-5(8)2-6(7)10/h3,5H,2H2,1H3. The molecule has 3 nitrogen and oxygen atoms in total. The summed E-state index contributed by atoms with van der Waals surface area (Å²) in [5.41, 5.74) is 0. The molecule has 0 aromatic heterocycles. The molecular weight excluding hydrogens is 212 g/mol. The summed E-state index contributed by atoms with van der Waals surface area (Å²) in [6, 6.07) is 0. The fraction of sp³-hybridized carbons (Fsp3) is 0.429. The Kier molecular flexibility index (Phi) is 2.44. The number of ketones is 1. The summed E-state index contributed by atoms with van der Waals surface area (Å²) in [4.78, 5) is 21.4. The summed E-state index contributed by atoms with van der Waals surface area (Å²) in [5, 5.41) is 0. The summed E-state index contributed by atoms with van der Waals surface area (Å²) in [7, 11) is 0. The van der Waals surface area contributed by atoms with Crippen molar-refractivity contribution in [3.05, 3.63) is 11.8 Å². The molecule has 0 aromatic carbocycles. The number of rotatable bonds is 1. The molecule has 0 radical (unpaired) electrons. The Labute approximate surface area is 72.5 Å². The van der Waals surface area contributed by atoms with Gasteiger partial charge in [-0.15, -0.1) is 0 Å². The van der Waals surface area contributed by atoms with E-state index >= 15 is 0 Å². The highest BCUT2D eigenvalue weighted by Gasteiger charge is 2.24. The molecule has 4 heteroatoms. The summed E-state index contributed by atoms with van der Waals surface area (Å²) < 4.78 is 4.64. The van der Waals surface area contributed by atoms with Crippen LogP contribution in [0.3, 0.4) is 0 Å². The van der Waals surface area contributed by atoms with Gasteiger partial charge in [-0.25, -0.2) is 0 Å². The molecular formula is C7H7BrO3. The van der Waals surface area contributed by atoms with Gasteiger partial charge in [0.1, 0.15) is 0 Å². The van der Waals surface area contributed by atoms with E-state index in [1.165, 1.54) is 6.92 Å². The molecule has 0 fully saturated rings. The lowest BCUT2D eigenvalue weighted by Crippen LogP contribution is -2.04. The summed E-state index contributed by atoms with van der Waals surface area (Å²) >= 11 is 3.22. The Balaban J connectivity index is 2.64. The SMILES string of the molecule is CC(=O)OC1=CC(Br)CC1=O. The predicted octanol–water partition coefficient (Wildman–Crippen LogP) is 1.17. The third-order valence-corrected chi connectivity index (χ3v) is 1.83. The van der Waals surface area contributed by atoms with E-state index in [1.807, 2.05) is 0 Å². The topological polar surface area (TPSA) is 43.4 Å². The molecule has 0 amide bonds. The highest BCUT2D eigenvalue weighted by molar-refractivity contribution is 9.09. The molecule has 0 saturated heterocycles. The molecule has 0 aliphatic heterocycles. The van der Waals surface area contributed by atoms with Crippen molar-refractivity contribution >= 4 is 27.7 Å². The lowest BCUT2D eigenvalue weighted by Gasteiger charge is -1.97. The van der Waals surface area contributed by atoms with E-state index in [1.54, 1.807) is 6.08 Å². The van der Waals surface area contributed by atoms with Crippen molar-refractivity contribution in [3.8, 4) is 0 Å². The second kappa shape index (κ2) is 3.17. The monoisotopic (exact) mass is 218 g/mol. The maximum atomic E-state index is 10.9. The summed E-state index contributed by atoms with van der Waals surface area (Å²) in [5.74, 6) is -0.410. The van der Waals surface area contributed by atoms with E-state index in [4.69, 9.17) is 0 Å². The van der Waals surface area contributed by atoms with Gasteiger partial charge in [0.15, 0.2) is 11.5 Å². The van der Waals surface area contributed by atoms with Gasteiger partial charge < -0.3 is 4.74 Å². The highest BCUT2D eigenvalue weighted by atomic mass is 79.9. The lowest BCUT2D eigenvalue weighted by atomic mass is 10.3. The molecule has 1 unspecified atom stereocenters. The van der Waals surface area contributed by atoms with Crippen LogP contribution >= 0.6 is 15.9 Å². The first-order valence-corrected chi connectivity index (χ1v) is 4.08. The van der Waals surface area contributed by atoms with Gasteiger partial charge in [-0.1, -0.05) is 15.9 Å². The zero-order valence-electron chi connectivity index (χ0n) is 5.96. The van der Waals surface area contributed by atoms with Gasteiger partial charge >= 0.3 is 5.97 Å². The van der Waals surface area contributed by atoms with Crippen LogP contribution in [0.25, 0.3) is 0 Å². The molecule has 0 heterocycles. The smallest absolute Gasteiger partial charge is 0.308 e. The quantitative estimate of drug-likeness (QED) is 0.491. The zero-order chi connectivity index (χ0) is 8.43. The van der Waals surface area contributed by atoms with Gasteiger partial charge in [-0.3, -0.25) is 9.59 Å². The van der Waals surface area contributed by atoms with Crippen LogP contribution in [0, 0.1) is 0 Å². The van der Waals surface area contributed by atoms with Crippen LogP contribution in [-0.2, 0) is 14.3 Å². The van der Waals surface area contributed by atoms with Crippen LogP contribution < -0.4 is 0 Å². The largest absolute Gasteiger partial charge is 0.423 e. The normalized spacial score (nSPS) is 23.3. The van der Waals surface area contributed by atoms with Gasteiger partial charge in [-0.2, -0.15) is 0 Å². The van der Waals surface area contributed by atoms with Crippen molar-refractivity contribution in [2.24, 2.45) is 0 Å². The number of carbonyl (C=O) groups excluding carboxylic acids is 2. The Hall–Kier alpha value is -0.640. The van der Waals surface area contributed by atoms with E-state index in [0.717, 1.165) is 0 Å². The molecule has 1 aliphatic carbocycles. The van der Waals surface area contributed by atoms with Crippen LogP contribution in [0.4, 0.5) is 0 Å². The number of hydrogen-bond acceptors (Lipinski definition) is 3. The molecule has 0 spiro atoms. The average molecular weight is 219 g/mol. The molecule has 0 aromatic rings. The van der Waals surface area contributed by atoms with Crippen LogP contribution in [0.2, 0.25) is 0 Å². The van der Waals surface area contributed by atoms with E-state index in [2.05, 4.69) is 20.7 Å². The minimum atomic E-state index is -0.453. The fourth-order valence-electron chi connectivity index (χ4n) is 0.840. The second-order valence-electron chi connectivity index (χ2n) is 2.27. The first kappa shape index (κ1) is 8.46. The molecule has 1 atom stereocenters. The van der Waals surface area contributed by atoms with Crippen molar-refractivity contribution < 1.29 is 14.3 Å². The molecule has 60 valence electrons. The Bertz CT molecular complexity index is 232. The number of halogens is 1. The highest BCUT2D eigenvalue weighted by Crippen LogP contribution is 2.21. The van der Waals surface area contributed by atoms with Crippen molar-refractivity contribution in [2.75, 3.05) is 0 Å². The zero-order valence-corrected chi connectivity index (χ0v) is 7.55. The lowest BCUT2D eigenvalue weighted by molar-refractivity contribution is -0.139. The minimum absolute atomic E-state index is 0.0179. The number of Topliss-reactive ketones (excluding diaryl/α,β-unsaturated/α-hetero) is 1. The summed E-state index contributed by atoms with van der Waals surface area (Å²) in [6.45, 7) is 1.27. The van der Waals surface area contributed by atoms with E-state index < -0.39 is 5.97 Å². The second-order valence-corrected chi connectivity index (χ2v) is 3.44. The van der Waals surface area contributed by atoms with Gasteiger partial charge in [-0.05, 0) is 6.08 Å². The van der Waals surface area contributed by atoms with Crippen LogP contribution in [0.5, 0.6) is 0 Å². The van der Waals surface area contributed by atoms with Gasteiger partial charge in [0.05, 0.1) is 0 Å². The van der Waals surface area contributed by atoms with Gasteiger partial charge in [0.2, 0.25) is 0 Å². The number of allylic oxidation sites excluding steroid dienone is 2. The molecule has 1 rings (SSSR count). The van der Waals surface area contributed by atoms with E-state index in [9.17, 15) is 9.59 Å². The number of esters is 1. The number of alkyl halides is 1. The van der Waals surface area contributed by atoms with Crippen molar-refractivity contribution in [1.29, 1.82) is 0 Å². The minimum Gasteiger partial charge on any atom is -0.423 e. The van der Waals surface area contributed by atoms with Crippen LogP contribution in [0.1, 0.15) is 13.3 Å². The molecule has 0 bridgehead atoms. The third-order valence-electron chi connectivity index (χ3n) is 1.24. The number of hydrogen-bond donors (Lipinski definition) is 0. The van der Waals surface area contributed by atoms with Crippen LogP contribution in [0.15, 0.2) is 11.8 Å². The number of ether oxygens (including phenoxy) is 1. The number of carbonyl (C=O) groups is 2. The Morgan fingerprint density at radius 2 is 2.45 bits per heavy atom. The van der Waals surface area contributed by atoms with Crippen molar-refractivity contribution in [1.82, 2.24) is 0 Å². The van der Waals surface area contributed by atoms with Gasteiger partial charge in [0, 0.05) is 18.2 Å². The van der Waals surface area contributed by atoms with E-state index in [-0.39, 0.29) is 16.4 Å². The molecule has 1 aliphatic rings. The molecule has 0 saturated carbocycles. The Morgan fingerprint density at radius 3 is 2.82 bits per heavy atom. The fourth-order valence-corrected chi connectivity index (χ4v) is 1.37.